The predicted molar refractivity (Wildman–Crippen MR) is 66.2 cm³/mol. The van der Waals surface area contributed by atoms with Gasteiger partial charge in [-0.05, 0) is 37.2 Å². The van der Waals surface area contributed by atoms with E-state index < -0.39 is 0 Å². The van der Waals surface area contributed by atoms with Gasteiger partial charge in [0.2, 0.25) is 0 Å². The lowest BCUT2D eigenvalue weighted by Crippen LogP contribution is -2.03. The smallest absolute Gasteiger partial charge is 0.137 e. The minimum atomic E-state index is -0.264. The maximum Gasteiger partial charge on any atom is 0.137 e. The Morgan fingerprint density at radius 3 is 2.71 bits per heavy atom. The molecule has 0 saturated heterocycles. The second-order valence-corrected chi connectivity index (χ2v) is 4.16. The fraction of sp³-hybridized carbons (Fsp3) is 0.286. The Hall–Kier alpha value is -1.61. The van der Waals surface area contributed by atoms with Gasteiger partial charge in [0.1, 0.15) is 17.3 Å². The highest BCUT2D eigenvalue weighted by atomic mass is 19.1. The summed E-state index contributed by atoms with van der Waals surface area (Å²) in [6.07, 6.45) is 0.865. The molecule has 0 fully saturated rings. The predicted octanol–water partition coefficient (Wildman–Crippen LogP) is 3.54. The normalized spacial score (nSPS) is 12.6. The monoisotopic (exact) mass is 233 g/mol. The molecular formula is C14H16FNO. The van der Waals surface area contributed by atoms with Gasteiger partial charge in [0.05, 0.1) is 5.56 Å². The molecule has 0 aliphatic carbocycles. The lowest BCUT2D eigenvalue weighted by Gasteiger charge is -2.05. The molecule has 1 atom stereocenters. The van der Waals surface area contributed by atoms with Crippen molar-refractivity contribution in [3.8, 4) is 11.3 Å². The zero-order chi connectivity index (χ0) is 12.3. The van der Waals surface area contributed by atoms with Gasteiger partial charge in [0.15, 0.2) is 0 Å². The van der Waals surface area contributed by atoms with Gasteiger partial charge in [-0.1, -0.05) is 19.1 Å². The molecule has 0 aliphatic heterocycles. The van der Waals surface area contributed by atoms with Gasteiger partial charge in [-0.3, -0.25) is 0 Å². The van der Waals surface area contributed by atoms with Crippen LogP contribution in [-0.4, -0.2) is 6.54 Å². The number of rotatable bonds is 4. The maximum atomic E-state index is 13.6. The number of halogens is 1. The molecule has 2 rings (SSSR count). The molecule has 2 nitrogen and oxygen atoms in total. The van der Waals surface area contributed by atoms with Crippen LogP contribution >= 0.6 is 0 Å². The summed E-state index contributed by atoms with van der Waals surface area (Å²) in [5.41, 5.74) is 6.01. The van der Waals surface area contributed by atoms with E-state index in [4.69, 9.17) is 10.2 Å². The first kappa shape index (κ1) is 11.9. The van der Waals surface area contributed by atoms with E-state index in [0.29, 0.717) is 17.9 Å². The average molecular weight is 233 g/mol. The van der Waals surface area contributed by atoms with E-state index in [0.717, 1.165) is 12.2 Å². The molecule has 1 aromatic carbocycles. The van der Waals surface area contributed by atoms with E-state index in [-0.39, 0.29) is 11.7 Å². The van der Waals surface area contributed by atoms with Gasteiger partial charge < -0.3 is 10.2 Å². The highest BCUT2D eigenvalue weighted by Crippen LogP contribution is 2.28. The van der Waals surface area contributed by atoms with Crippen LogP contribution in [0.3, 0.4) is 0 Å². The van der Waals surface area contributed by atoms with Crippen molar-refractivity contribution in [2.45, 2.75) is 19.3 Å². The Morgan fingerprint density at radius 2 is 2.00 bits per heavy atom. The number of benzene rings is 1. The molecule has 2 N–H and O–H groups in total. The first-order valence-electron chi connectivity index (χ1n) is 5.77. The molecule has 0 saturated carbocycles. The quantitative estimate of drug-likeness (QED) is 0.877. The van der Waals surface area contributed by atoms with E-state index in [2.05, 4.69) is 6.92 Å². The van der Waals surface area contributed by atoms with Crippen molar-refractivity contribution >= 4 is 0 Å². The maximum absolute atomic E-state index is 13.6. The summed E-state index contributed by atoms with van der Waals surface area (Å²) in [5.74, 6) is 1.43. The summed E-state index contributed by atoms with van der Waals surface area (Å²) < 4.78 is 19.2. The fourth-order valence-electron chi connectivity index (χ4n) is 1.82. The van der Waals surface area contributed by atoms with Crippen molar-refractivity contribution in [2.75, 3.05) is 6.54 Å². The fourth-order valence-corrected chi connectivity index (χ4v) is 1.82. The molecule has 0 spiro atoms. The average Bonchev–Trinajstić information content (AvgIpc) is 2.79. The standard InChI is InChI=1S/C14H16FNO/c1-10(8-9-16)13-6-7-14(17-13)11-4-2-3-5-12(11)15/h2-7,10H,8-9,16H2,1H3. The summed E-state index contributed by atoms with van der Waals surface area (Å²) in [4.78, 5) is 0. The first-order chi connectivity index (χ1) is 8.22. The molecule has 1 unspecified atom stereocenters. The van der Waals surface area contributed by atoms with Crippen LogP contribution in [-0.2, 0) is 0 Å². The van der Waals surface area contributed by atoms with Crippen LogP contribution in [0, 0.1) is 5.82 Å². The summed E-state index contributed by atoms with van der Waals surface area (Å²) in [5, 5.41) is 0. The Balaban J connectivity index is 2.27. The van der Waals surface area contributed by atoms with Gasteiger partial charge in [-0.25, -0.2) is 4.39 Å². The van der Waals surface area contributed by atoms with E-state index in [9.17, 15) is 4.39 Å². The first-order valence-corrected chi connectivity index (χ1v) is 5.77. The minimum Gasteiger partial charge on any atom is -0.461 e. The second kappa shape index (κ2) is 5.15. The van der Waals surface area contributed by atoms with Crippen molar-refractivity contribution < 1.29 is 8.81 Å². The number of furan rings is 1. The Morgan fingerprint density at radius 1 is 1.24 bits per heavy atom. The summed E-state index contributed by atoms with van der Waals surface area (Å²) in [6.45, 7) is 2.67. The van der Waals surface area contributed by atoms with Gasteiger partial charge in [0.25, 0.3) is 0 Å². The Kier molecular flexibility index (Phi) is 3.59. The molecule has 0 bridgehead atoms. The van der Waals surface area contributed by atoms with Crippen LogP contribution in [0.15, 0.2) is 40.8 Å². The molecule has 1 heterocycles. The SMILES string of the molecule is CC(CCN)c1ccc(-c2ccccc2F)o1. The van der Waals surface area contributed by atoms with Crippen LogP contribution in [0.25, 0.3) is 11.3 Å². The second-order valence-electron chi connectivity index (χ2n) is 4.16. The molecule has 0 aliphatic rings. The van der Waals surface area contributed by atoms with E-state index in [1.807, 2.05) is 6.07 Å². The molecule has 2 aromatic rings. The van der Waals surface area contributed by atoms with E-state index in [1.54, 1.807) is 24.3 Å². The topological polar surface area (TPSA) is 39.2 Å². The molecule has 1 aromatic heterocycles. The van der Waals surface area contributed by atoms with Crippen molar-refractivity contribution in [3.63, 3.8) is 0 Å². The van der Waals surface area contributed by atoms with Crippen LogP contribution < -0.4 is 5.73 Å². The largest absolute Gasteiger partial charge is 0.461 e. The zero-order valence-electron chi connectivity index (χ0n) is 9.82. The van der Waals surface area contributed by atoms with Gasteiger partial charge in [0, 0.05) is 5.92 Å². The van der Waals surface area contributed by atoms with E-state index >= 15 is 0 Å². The van der Waals surface area contributed by atoms with Gasteiger partial charge in [-0.2, -0.15) is 0 Å². The Labute approximate surface area is 100 Å². The molecule has 0 radical (unpaired) electrons. The Bertz CT molecular complexity index is 492. The van der Waals surface area contributed by atoms with Crippen LogP contribution in [0.2, 0.25) is 0 Å². The van der Waals surface area contributed by atoms with Gasteiger partial charge >= 0.3 is 0 Å². The highest BCUT2D eigenvalue weighted by Gasteiger charge is 2.12. The molecule has 17 heavy (non-hydrogen) atoms. The van der Waals surface area contributed by atoms with E-state index in [1.165, 1.54) is 6.07 Å². The number of nitrogens with two attached hydrogens (primary N) is 1. The van der Waals surface area contributed by atoms with Gasteiger partial charge in [-0.15, -0.1) is 0 Å². The minimum absolute atomic E-state index is 0.264. The molecular weight excluding hydrogens is 217 g/mol. The third-order valence-corrected chi connectivity index (χ3v) is 2.85. The van der Waals surface area contributed by atoms with Crippen LogP contribution in [0.1, 0.15) is 25.0 Å². The molecule has 90 valence electrons. The van der Waals surface area contributed by atoms with Crippen molar-refractivity contribution in [3.05, 3.63) is 48.0 Å². The summed E-state index contributed by atoms with van der Waals surface area (Å²) >= 11 is 0. The highest BCUT2D eigenvalue weighted by molar-refractivity contribution is 5.58. The summed E-state index contributed by atoms with van der Waals surface area (Å²) in [7, 11) is 0. The molecule has 0 amide bonds. The number of hydrogen-bond acceptors (Lipinski definition) is 2. The zero-order valence-corrected chi connectivity index (χ0v) is 9.82. The third kappa shape index (κ3) is 2.56. The lowest BCUT2D eigenvalue weighted by atomic mass is 10.1. The number of hydrogen-bond donors (Lipinski definition) is 1. The van der Waals surface area contributed by atoms with Crippen molar-refractivity contribution in [2.24, 2.45) is 5.73 Å². The van der Waals surface area contributed by atoms with Crippen LogP contribution in [0.5, 0.6) is 0 Å². The van der Waals surface area contributed by atoms with Crippen molar-refractivity contribution in [1.29, 1.82) is 0 Å². The third-order valence-electron chi connectivity index (χ3n) is 2.85. The van der Waals surface area contributed by atoms with Crippen molar-refractivity contribution in [1.82, 2.24) is 0 Å². The summed E-state index contributed by atoms with van der Waals surface area (Å²) in [6, 6.07) is 10.3. The van der Waals surface area contributed by atoms with Crippen LogP contribution in [0.4, 0.5) is 4.39 Å². The molecule has 3 heteroatoms. The lowest BCUT2D eigenvalue weighted by molar-refractivity contribution is 0.471.